The van der Waals surface area contributed by atoms with Gasteiger partial charge in [0.1, 0.15) is 0 Å². The van der Waals surface area contributed by atoms with Gasteiger partial charge in [-0.25, -0.2) is 0 Å². The van der Waals surface area contributed by atoms with Gasteiger partial charge in [0.2, 0.25) is 0 Å². The molecule has 0 aliphatic heterocycles. The Hall–Kier alpha value is -2.27. The Morgan fingerprint density at radius 1 is 0.633 bits per heavy atom. The van der Waals surface area contributed by atoms with Crippen LogP contribution in [-0.4, -0.2) is 0 Å². The molecule has 3 rings (SSSR count). The van der Waals surface area contributed by atoms with Gasteiger partial charge in [-0.3, -0.25) is 0 Å². The monoisotopic (exact) mass is 434 g/mol. The van der Waals surface area contributed by atoms with Crippen LogP contribution in [0.2, 0.25) is 0 Å². The van der Waals surface area contributed by atoms with Crippen molar-refractivity contribution in [2.24, 2.45) is 0 Å². The molecule has 0 spiro atoms. The van der Waals surface area contributed by atoms with E-state index in [0.717, 1.165) is 23.3 Å². The van der Waals surface area contributed by atoms with Gasteiger partial charge in [0.25, 0.3) is 0 Å². The van der Waals surface area contributed by atoms with Gasteiger partial charge in [0.15, 0.2) is 0 Å². The first-order valence-corrected chi connectivity index (χ1v) is 11.5. The molecule has 160 valence electrons. The van der Waals surface area contributed by atoms with E-state index in [0.29, 0.717) is 9.79 Å². The lowest BCUT2D eigenvalue weighted by Gasteiger charge is -2.33. The van der Waals surface area contributed by atoms with E-state index in [4.69, 9.17) is 0 Å². The van der Waals surface area contributed by atoms with E-state index >= 15 is 3.89 Å². The van der Waals surface area contributed by atoms with Gasteiger partial charge in [-0.2, -0.15) is 17.1 Å². The van der Waals surface area contributed by atoms with Crippen molar-refractivity contribution < 1.29 is 17.1 Å². The minimum Gasteiger partial charge on any atom is -0.175 e. The molecule has 0 aliphatic carbocycles. The summed E-state index contributed by atoms with van der Waals surface area (Å²) in [6.45, 7) is 8.17. The number of hydrogen-bond donors (Lipinski definition) is 0. The molecule has 0 bridgehead atoms. The highest BCUT2D eigenvalue weighted by Crippen LogP contribution is 2.70. The second-order valence-corrected chi connectivity index (χ2v) is 10.5. The molecule has 0 heterocycles. The first-order chi connectivity index (χ1) is 14.0. The molecule has 0 fully saturated rings. The van der Waals surface area contributed by atoms with Crippen LogP contribution < -0.4 is 0 Å². The van der Waals surface area contributed by atoms with E-state index in [1.54, 1.807) is 24.3 Å². The van der Waals surface area contributed by atoms with E-state index in [-0.39, 0.29) is 16.7 Å². The second-order valence-electron chi connectivity index (χ2n) is 8.01. The topological polar surface area (TPSA) is 0 Å². The van der Waals surface area contributed by atoms with Crippen molar-refractivity contribution in [3.63, 3.8) is 0 Å². The third kappa shape index (κ3) is 4.41. The van der Waals surface area contributed by atoms with E-state index in [2.05, 4.69) is 0 Å². The van der Waals surface area contributed by atoms with Crippen molar-refractivity contribution in [3.8, 4) is 0 Å². The first-order valence-electron chi connectivity index (χ1n) is 9.93. The van der Waals surface area contributed by atoms with E-state index < -0.39 is 22.2 Å². The fourth-order valence-corrected chi connectivity index (χ4v) is 5.73. The van der Waals surface area contributed by atoms with Crippen molar-refractivity contribution in [3.05, 3.63) is 89.5 Å². The van der Waals surface area contributed by atoms with Crippen LogP contribution in [0.5, 0.6) is 0 Å². The maximum Gasteiger partial charge on any atom is 0.416 e. The predicted octanol–water partition coefficient (Wildman–Crippen LogP) is 9.12. The number of halogens is 4. The lowest BCUT2D eigenvalue weighted by Crippen LogP contribution is -2.06. The molecule has 0 unspecified atom stereocenters. The van der Waals surface area contributed by atoms with Crippen molar-refractivity contribution in [1.82, 2.24) is 0 Å². The van der Waals surface area contributed by atoms with Crippen LogP contribution in [0.15, 0.2) is 87.5 Å². The molecule has 0 saturated carbocycles. The lowest BCUT2D eigenvalue weighted by molar-refractivity contribution is -0.137. The maximum atomic E-state index is 16.9. The molecular formula is C25H26F4S. The quantitative estimate of drug-likeness (QED) is 0.351. The average Bonchev–Trinajstić information content (AvgIpc) is 2.72. The molecule has 0 aromatic heterocycles. The Balaban J connectivity index is 2.21. The highest BCUT2D eigenvalue weighted by Gasteiger charge is 2.35. The third-order valence-corrected chi connectivity index (χ3v) is 7.98. The van der Waals surface area contributed by atoms with Crippen LogP contribution in [-0.2, 0) is 6.18 Å². The standard InChI is InChI=1S/C25H26F4S/c1-17(2)19-8-12-22(13-9-19)30(29,23-14-10-20(11-15-23)18(3)4)24-7-5-6-21(16-24)25(26,27)28/h5-18H,1-4H3. The van der Waals surface area contributed by atoms with Crippen LogP contribution in [0.1, 0.15) is 56.2 Å². The highest BCUT2D eigenvalue weighted by molar-refractivity contribution is 8.29. The summed E-state index contributed by atoms with van der Waals surface area (Å²) >= 11 is 0. The Kier molecular flexibility index (Phi) is 6.32. The van der Waals surface area contributed by atoms with E-state index in [1.807, 2.05) is 52.0 Å². The summed E-state index contributed by atoms with van der Waals surface area (Å²) in [7, 11) is -3.34. The minimum atomic E-state index is -4.53. The lowest BCUT2D eigenvalue weighted by atomic mass is 10.0. The molecule has 0 amide bonds. The van der Waals surface area contributed by atoms with Gasteiger partial charge < -0.3 is 0 Å². The Morgan fingerprint density at radius 2 is 1.07 bits per heavy atom. The molecule has 0 aliphatic rings. The molecule has 3 aromatic carbocycles. The summed E-state index contributed by atoms with van der Waals surface area (Å²) in [6, 6.07) is 18.9. The van der Waals surface area contributed by atoms with Crippen LogP contribution in [0.4, 0.5) is 17.1 Å². The molecule has 0 N–H and O–H groups in total. The Bertz CT molecular complexity index is 935. The van der Waals surface area contributed by atoms with Gasteiger partial charge in [0, 0.05) is 14.7 Å². The molecule has 0 radical (unpaired) electrons. The van der Waals surface area contributed by atoms with Crippen LogP contribution in [0, 0.1) is 0 Å². The minimum absolute atomic E-state index is 0.0481. The smallest absolute Gasteiger partial charge is 0.175 e. The molecule has 0 atom stereocenters. The summed E-state index contributed by atoms with van der Waals surface area (Å²) in [5.74, 6) is 0.559. The van der Waals surface area contributed by atoms with Crippen LogP contribution in [0.3, 0.4) is 0 Å². The molecule has 0 nitrogen and oxygen atoms in total. The molecule has 3 aromatic rings. The molecule has 0 saturated heterocycles. The average molecular weight is 435 g/mol. The number of rotatable bonds is 5. The zero-order chi connectivity index (χ0) is 22.1. The van der Waals surface area contributed by atoms with Gasteiger partial charge in [-0.05, 0) is 75.8 Å². The van der Waals surface area contributed by atoms with Gasteiger partial charge >= 0.3 is 6.18 Å². The van der Waals surface area contributed by atoms with E-state index in [1.165, 1.54) is 12.1 Å². The summed E-state index contributed by atoms with van der Waals surface area (Å²) in [6.07, 6.45) is -4.53. The Morgan fingerprint density at radius 3 is 1.43 bits per heavy atom. The molecule has 5 heteroatoms. The third-order valence-electron chi connectivity index (χ3n) is 5.23. The summed E-state index contributed by atoms with van der Waals surface area (Å²) < 4.78 is 56.9. The normalized spacial score (nSPS) is 13.1. The largest absolute Gasteiger partial charge is 0.416 e. The van der Waals surface area contributed by atoms with Gasteiger partial charge in [-0.1, -0.05) is 58.0 Å². The SMILES string of the molecule is CC(C)c1ccc(S(F)(c2ccc(C(C)C)cc2)c2cccc(C(F)(F)F)c2)cc1. The van der Waals surface area contributed by atoms with Crippen molar-refractivity contribution in [1.29, 1.82) is 0 Å². The number of hydrogen-bond acceptors (Lipinski definition) is 0. The summed E-state index contributed by atoms with van der Waals surface area (Å²) in [4.78, 5) is 0.832. The molecule has 30 heavy (non-hydrogen) atoms. The van der Waals surface area contributed by atoms with Crippen LogP contribution in [0.25, 0.3) is 0 Å². The highest BCUT2D eigenvalue weighted by atomic mass is 32.3. The maximum absolute atomic E-state index is 16.9. The van der Waals surface area contributed by atoms with Crippen molar-refractivity contribution in [2.75, 3.05) is 0 Å². The van der Waals surface area contributed by atoms with Gasteiger partial charge in [-0.15, -0.1) is 0 Å². The van der Waals surface area contributed by atoms with E-state index in [9.17, 15) is 13.2 Å². The van der Waals surface area contributed by atoms with Crippen molar-refractivity contribution >= 4 is 10.4 Å². The van der Waals surface area contributed by atoms with Crippen molar-refractivity contribution in [2.45, 2.75) is 60.4 Å². The first kappa shape index (κ1) is 22.4. The zero-order valence-corrected chi connectivity index (χ0v) is 18.3. The fourth-order valence-electron chi connectivity index (χ4n) is 3.34. The Labute approximate surface area is 177 Å². The zero-order valence-electron chi connectivity index (χ0n) is 17.5. The fraction of sp³-hybridized carbons (Fsp3) is 0.280. The van der Waals surface area contributed by atoms with Gasteiger partial charge in [0.05, 0.1) is 5.56 Å². The number of alkyl halides is 3. The van der Waals surface area contributed by atoms with Crippen LogP contribution >= 0.6 is 10.4 Å². The number of benzene rings is 3. The summed E-state index contributed by atoms with van der Waals surface area (Å²) in [5, 5.41) is 0. The second kappa shape index (κ2) is 8.46. The molecular weight excluding hydrogens is 408 g/mol. The summed E-state index contributed by atoms with van der Waals surface area (Å²) in [5.41, 5.74) is 1.27. The predicted molar refractivity (Wildman–Crippen MR) is 116 cm³/mol.